The Morgan fingerprint density at radius 2 is 1.80 bits per heavy atom. The van der Waals surface area contributed by atoms with Crippen LogP contribution in [0.25, 0.3) is 20.8 Å². The SMILES string of the molecule is O=C(NC(=S)Nc1c(Cl)cc(Cl)cc1-c1nc2ccccc2s1)c1ccc(I)cc1. The molecular weight excluding hydrogens is 572 g/mol. The van der Waals surface area contributed by atoms with Crippen molar-refractivity contribution in [3.63, 3.8) is 0 Å². The Morgan fingerprint density at radius 1 is 1.07 bits per heavy atom. The largest absolute Gasteiger partial charge is 0.331 e. The number of aromatic nitrogens is 1. The van der Waals surface area contributed by atoms with Crippen LogP contribution < -0.4 is 10.6 Å². The van der Waals surface area contributed by atoms with Gasteiger partial charge in [0.1, 0.15) is 5.01 Å². The Hall–Kier alpha value is -1.78. The Morgan fingerprint density at radius 3 is 2.53 bits per heavy atom. The Kier molecular flexibility index (Phi) is 6.54. The summed E-state index contributed by atoms with van der Waals surface area (Å²) in [4.78, 5) is 17.1. The second-order valence-electron chi connectivity index (χ2n) is 6.21. The normalized spacial score (nSPS) is 10.8. The van der Waals surface area contributed by atoms with Gasteiger partial charge in [-0.05, 0) is 83.3 Å². The number of amides is 1. The predicted molar refractivity (Wildman–Crippen MR) is 138 cm³/mol. The van der Waals surface area contributed by atoms with Crippen molar-refractivity contribution in [2.45, 2.75) is 0 Å². The summed E-state index contributed by atoms with van der Waals surface area (Å²) in [6, 6.07) is 18.4. The summed E-state index contributed by atoms with van der Waals surface area (Å²) in [7, 11) is 0. The molecule has 0 spiro atoms. The third-order valence-corrected chi connectivity index (χ3v) is 6.66. The molecule has 3 aromatic carbocycles. The molecule has 4 rings (SSSR count). The van der Waals surface area contributed by atoms with Gasteiger partial charge >= 0.3 is 0 Å². The van der Waals surface area contributed by atoms with E-state index in [-0.39, 0.29) is 11.0 Å². The van der Waals surface area contributed by atoms with Gasteiger partial charge in [-0.3, -0.25) is 10.1 Å². The molecule has 0 radical (unpaired) electrons. The van der Waals surface area contributed by atoms with Crippen LogP contribution in [0.1, 0.15) is 10.4 Å². The first-order valence-corrected chi connectivity index (χ1v) is 11.7. The zero-order valence-electron chi connectivity index (χ0n) is 15.1. The molecule has 9 heteroatoms. The number of anilines is 1. The zero-order chi connectivity index (χ0) is 21.3. The number of thiazole rings is 1. The van der Waals surface area contributed by atoms with E-state index in [9.17, 15) is 4.79 Å². The molecule has 150 valence electrons. The number of para-hydroxylation sites is 1. The van der Waals surface area contributed by atoms with Crippen LogP contribution in [0.5, 0.6) is 0 Å². The lowest BCUT2D eigenvalue weighted by molar-refractivity contribution is 0.0977. The summed E-state index contributed by atoms with van der Waals surface area (Å²) < 4.78 is 2.09. The fourth-order valence-electron chi connectivity index (χ4n) is 2.78. The van der Waals surface area contributed by atoms with E-state index in [2.05, 4.69) is 38.2 Å². The fourth-order valence-corrected chi connectivity index (χ4v) is 4.86. The van der Waals surface area contributed by atoms with Crippen molar-refractivity contribution >= 4 is 96.3 Å². The smallest absolute Gasteiger partial charge is 0.257 e. The second kappa shape index (κ2) is 9.15. The van der Waals surface area contributed by atoms with Gasteiger partial charge in [-0.1, -0.05) is 35.3 Å². The molecular formula is C21H12Cl2IN3OS2. The van der Waals surface area contributed by atoms with Crippen molar-refractivity contribution in [1.82, 2.24) is 10.3 Å². The summed E-state index contributed by atoms with van der Waals surface area (Å²) in [5, 5.41) is 7.45. The third kappa shape index (κ3) is 4.76. The van der Waals surface area contributed by atoms with Gasteiger partial charge in [-0.2, -0.15) is 0 Å². The van der Waals surface area contributed by atoms with Crippen LogP contribution in [-0.4, -0.2) is 16.0 Å². The van der Waals surface area contributed by atoms with Crippen LogP contribution in [0, 0.1) is 3.57 Å². The van der Waals surface area contributed by atoms with E-state index in [4.69, 9.17) is 35.4 Å². The van der Waals surface area contributed by atoms with E-state index in [1.165, 1.54) is 11.3 Å². The van der Waals surface area contributed by atoms with Gasteiger partial charge in [-0.15, -0.1) is 11.3 Å². The molecule has 1 heterocycles. The molecule has 4 aromatic rings. The number of hydrogen-bond acceptors (Lipinski definition) is 4. The number of rotatable bonds is 3. The maximum atomic E-state index is 12.5. The quantitative estimate of drug-likeness (QED) is 0.201. The Labute approximate surface area is 205 Å². The average molecular weight is 584 g/mol. The van der Waals surface area contributed by atoms with Crippen molar-refractivity contribution in [3.05, 3.63) is 79.8 Å². The first-order valence-electron chi connectivity index (χ1n) is 8.63. The maximum Gasteiger partial charge on any atom is 0.257 e. The second-order valence-corrected chi connectivity index (χ2v) is 9.74. The zero-order valence-corrected chi connectivity index (χ0v) is 20.4. The first kappa shape index (κ1) is 21.5. The highest BCUT2D eigenvalue weighted by atomic mass is 127. The number of halogens is 3. The minimum Gasteiger partial charge on any atom is -0.331 e. The van der Waals surface area contributed by atoms with Gasteiger partial charge in [0.25, 0.3) is 5.91 Å². The van der Waals surface area contributed by atoms with Crippen molar-refractivity contribution < 1.29 is 4.79 Å². The van der Waals surface area contributed by atoms with E-state index >= 15 is 0 Å². The molecule has 0 fully saturated rings. The van der Waals surface area contributed by atoms with E-state index in [1.54, 1.807) is 24.3 Å². The van der Waals surface area contributed by atoms with E-state index in [0.29, 0.717) is 26.9 Å². The van der Waals surface area contributed by atoms with Gasteiger partial charge in [-0.25, -0.2) is 4.98 Å². The lowest BCUT2D eigenvalue weighted by Crippen LogP contribution is -2.34. The number of benzene rings is 3. The average Bonchev–Trinajstić information content (AvgIpc) is 3.14. The number of carbonyl (C=O) groups excluding carboxylic acids is 1. The molecule has 0 aliphatic heterocycles. The van der Waals surface area contributed by atoms with Crippen molar-refractivity contribution in [1.29, 1.82) is 0 Å². The number of thiocarbonyl (C=S) groups is 1. The lowest BCUT2D eigenvalue weighted by Gasteiger charge is -2.14. The molecule has 0 bridgehead atoms. The van der Waals surface area contributed by atoms with Crippen LogP contribution in [0.3, 0.4) is 0 Å². The highest BCUT2D eigenvalue weighted by Gasteiger charge is 2.17. The molecule has 4 nitrogen and oxygen atoms in total. The van der Waals surface area contributed by atoms with Crippen LogP contribution in [0.15, 0.2) is 60.7 Å². The molecule has 2 N–H and O–H groups in total. The van der Waals surface area contributed by atoms with Gasteiger partial charge in [0.15, 0.2) is 5.11 Å². The molecule has 0 saturated carbocycles. The van der Waals surface area contributed by atoms with Crippen molar-refractivity contribution in [2.75, 3.05) is 5.32 Å². The standard InChI is InChI=1S/C21H12Cl2IN3OS2/c22-12-9-14(20-25-16-3-1-2-4-17(16)30-20)18(15(23)10-12)26-21(29)27-19(28)11-5-7-13(24)8-6-11/h1-10H,(H2,26,27,28,29). The van der Waals surface area contributed by atoms with Gasteiger partial charge in [0, 0.05) is 19.7 Å². The number of hydrogen-bond donors (Lipinski definition) is 2. The number of nitrogens with one attached hydrogen (secondary N) is 2. The molecule has 0 unspecified atom stereocenters. The number of fused-ring (bicyclic) bond motifs is 1. The topological polar surface area (TPSA) is 54.0 Å². The number of carbonyl (C=O) groups is 1. The molecule has 1 amide bonds. The van der Waals surface area contributed by atoms with Crippen LogP contribution in [-0.2, 0) is 0 Å². The first-order chi connectivity index (χ1) is 14.4. The Balaban J connectivity index is 1.63. The van der Waals surface area contributed by atoms with Crippen molar-refractivity contribution in [3.8, 4) is 10.6 Å². The summed E-state index contributed by atoms with van der Waals surface area (Å²) in [5.74, 6) is -0.310. The minimum absolute atomic E-state index is 0.130. The van der Waals surface area contributed by atoms with Crippen LogP contribution in [0.4, 0.5) is 5.69 Å². The number of nitrogens with zero attached hydrogens (tertiary/aromatic N) is 1. The fraction of sp³-hybridized carbons (Fsp3) is 0. The highest BCUT2D eigenvalue weighted by Crippen LogP contribution is 2.40. The summed E-state index contributed by atoms with van der Waals surface area (Å²) >= 11 is 21.8. The summed E-state index contributed by atoms with van der Waals surface area (Å²) in [5.41, 5.74) is 2.63. The Bertz CT molecular complexity index is 1240. The third-order valence-electron chi connectivity index (χ3n) is 4.15. The molecule has 0 aliphatic rings. The maximum absolute atomic E-state index is 12.5. The lowest BCUT2D eigenvalue weighted by atomic mass is 10.2. The van der Waals surface area contributed by atoms with E-state index < -0.39 is 0 Å². The van der Waals surface area contributed by atoms with Gasteiger partial charge in [0.2, 0.25) is 0 Å². The molecule has 0 atom stereocenters. The molecule has 30 heavy (non-hydrogen) atoms. The summed E-state index contributed by atoms with van der Waals surface area (Å²) in [6.07, 6.45) is 0. The van der Waals surface area contributed by atoms with Crippen molar-refractivity contribution in [2.24, 2.45) is 0 Å². The predicted octanol–water partition coefficient (Wildman–Crippen LogP) is 7.00. The van der Waals surface area contributed by atoms with Gasteiger partial charge < -0.3 is 5.32 Å². The highest BCUT2D eigenvalue weighted by molar-refractivity contribution is 14.1. The van der Waals surface area contributed by atoms with Crippen LogP contribution >= 0.6 is 69.3 Å². The molecule has 1 aromatic heterocycles. The van der Waals surface area contributed by atoms with Crippen LogP contribution in [0.2, 0.25) is 10.0 Å². The molecule has 0 aliphatic carbocycles. The monoisotopic (exact) mass is 583 g/mol. The molecule has 0 saturated heterocycles. The van der Waals surface area contributed by atoms with Gasteiger partial charge in [0.05, 0.1) is 20.9 Å². The van der Waals surface area contributed by atoms with E-state index in [1.807, 2.05) is 36.4 Å². The van der Waals surface area contributed by atoms with E-state index in [0.717, 1.165) is 18.8 Å². The summed E-state index contributed by atoms with van der Waals surface area (Å²) in [6.45, 7) is 0. The minimum atomic E-state index is -0.310.